The number of hydrogen-bond donors (Lipinski definition) is 0. The van der Waals surface area contributed by atoms with E-state index < -0.39 is 23.0 Å². The van der Waals surface area contributed by atoms with Crippen molar-refractivity contribution in [3.8, 4) is 0 Å². The lowest BCUT2D eigenvalue weighted by Crippen LogP contribution is -2.44. The topological polar surface area (TPSA) is 0 Å². The number of halogens is 5. The third kappa shape index (κ3) is 2.57. The van der Waals surface area contributed by atoms with E-state index in [2.05, 4.69) is 15.9 Å². The van der Waals surface area contributed by atoms with E-state index in [1.165, 1.54) is 12.1 Å². The zero-order valence-electron chi connectivity index (χ0n) is 12.7. The number of rotatable bonds is 3. The normalized spacial score (nSPS) is 24.3. The van der Waals surface area contributed by atoms with Gasteiger partial charge in [0.05, 0.1) is 0 Å². The van der Waals surface area contributed by atoms with Crippen molar-refractivity contribution in [2.75, 3.05) is 0 Å². The molecule has 0 fully saturated rings. The third-order valence-corrected chi connectivity index (χ3v) is 5.13. The van der Waals surface area contributed by atoms with Crippen LogP contribution in [0.1, 0.15) is 42.9 Å². The van der Waals surface area contributed by atoms with Crippen molar-refractivity contribution in [1.82, 2.24) is 0 Å². The Hall–Kier alpha value is -1.10. The molecule has 23 heavy (non-hydrogen) atoms. The fraction of sp³-hybridized carbons (Fsp3) is 0.444. The van der Waals surface area contributed by atoms with Crippen LogP contribution in [0.2, 0.25) is 0 Å². The average Bonchev–Trinajstić information content (AvgIpc) is 2.51. The quantitative estimate of drug-likeness (QED) is 0.424. The van der Waals surface area contributed by atoms with Crippen LogP contribution in [0.3, 0.4) is 0 Å². The Kier molecular flexibility index (Phi) is 4.20. The van der Waals surface area contributed by atoms with Gasteiger partial charge in [-0.3, -0.25) is 0 Å². The highest BCUT2D eigenvalue weighted by molar-refractivity contribution is 9.09. The van der Waals surface area contributed by atoms with E-state index in [0.717, 1.165) is 12.8 Å². The number of benzene rings is 1. The monoisotopic (exact) mass is 388 g/mol. The molecule has 0 bridgehead atoms. The maximum Gasteiger partial charge on any atom is 0.340 e. The fourth-order valence-corrected chi connectivity index (χ4v) is 3.68. The Balaban J connectivity index is 2.17. The van der Waals surface area contributed by atoms with Crippen LogP contribution in [0.25, 0.3) is 5.57 Å². The summed E-state index contributed by atoms with van der Waals surface area (Å²) in [4.78, 5) is -0.340. The minimum absolute atomic E-state index is 0.106. The second kappa shape index (κ2) is 5.76. The van der Waals surface area contributed by atoms with Gasteiger partial charge in [-0.1, -0.05) is 53.6 Å². The highest BCUT2D eigenvalue weighted by Crippen LogP contribution is 2.57. The molecule has 0 spiro atoms. The van der Waals surface area contributed by atoms with Gasteiger partial charge in [0, 0.05) is 16.0 Å². The third-order valence-electron chi connectivity index (χ3n) is 4.50. The average molecular weight is 389 g/mol. The van der Waals surface area contributed by atoms with Gasteiger partial charge in [0.15, 0.2) is 0 Å². The summed E-state index contributed by atoms with van der Waals surface area (Å²) in [5, 5.41) is 0. The lowest BCUT2D eigenvalue weighted by atomic mass is 9.76. The van der Waals surface area contributed by atoms with Crippen LogP contribution < -0.4 is 0 Å². The Morgan fingerprint density at radius 3 is 2.61 bits per heavy atom. The van der Waals surface area contributed by atoms with Crippen LogP contribution in [-0.4, -0.2) is 10.7 Å². The molecule has 2 aliphatic carbocycles. The zero-order valence-corrected chi connectivity index (χ0v) is 14.3. The van der Waals surface area contributed by atoms with E-state index in [4.69, 9.17) is 0 Å². The number of allylic oxidation sites excluding steroid dienone is 4. The van der Waals surface area contributed by atoms with Gasteiger partial charge in [-0.25, -0.2) is 0 Å². The molecule has 0 aromatic heterocycles. The SMILES string of the molecule is CCCCc1ccc2c(c1)C(F)(F)C(F)(F)C1=C2C=CC(Br)C1. The molecule has 0 saturated heterocycles. The Labute approximate surface area is 141 Å². The first-order chi connectivity index (χ1) is 10.8. The summed E-state index contributed by atoms with van der Waals surface area (Å²) >= 11 is 3.22. The largest absolute Gasteiger partial charge is 0.340 e. The standard InChI is InChI=1S/C18H17BrF4/c1-2-3-4-11-5-7-13-14-8-6-12(19)10-16(14)18(22,23)17(20,21)15(13)9-11/h5-9,12H,2-4,10H2,1H3. The maximum absolute atomic E-state index is 14.6. The number of hydrogen-bond acceptors (Lipinski definition) is 0. The van der Waals surface area contributed by atoms with Crippen LogP contribution in [0, 0.1) is 0 Å². The number of fused-ring (bicyclic) bond motifs is 2. The Bertz CT molecular complexity index is 688. The van der Waals surface area contributed by atoms with E-state index in [9.17, 15) is 17.6 Å². The molecule has 1 unspecified atom stereocenters. The van der Waals surface area contributed by atoms with Crippen molar-refractivity contribution in [2.45, 2.75) is 49.3 Å². The molecule has 2 aliphatic rings. The molecule has 0 aliphatic heterocycles. The smallest absolute Gasteiger partial charge is 0.194 e. The van der Waals surface area contributed by atoms with Crippen LogP contribution in [-0.2, 0) is 12.3 Å². The maximum atomic E-state index is 14.6. The van der Waals surface area contributed by atoms with Crippen LogP contribution in [0.15, 0.2) is 35.9 Å². The molecule has 0 heterocycles. The van der Waals surface area contributed by atoms with Crippen LogP contribution in [0.5, 0.6) is 0 Å². The summed E-state index contributed by atoms with van der Waals surface area (Å²) in [5.74, 6) is -8.34. The van der Waals surface area contributed by atoms with Crippen molar-refractivity contribution in [3.05, 3.63) is 52.6 Å². The summed E-state index contributed by atoms with van der Waals surface area (Å²) in [6.07, 6.45) is 5.55. The molecule has 124 valence electrons. The van der Waals surface area contributed by atoms with Gasteiger partial charge in [-0.05, 0) is 42.0 Å². The predicted molar refractivity (Wildman–Crippen MR) is 87.3 cm³/mol. The van der Waals surface area contributed by atoms with E-state index in [1.807, 2.05) is 6.92 Å². The van der Waals surface area contributed by atoms with Gasteiger partial charge in [0.2, 0.25) is 0 Å². The van der Waals surface area contributed by atoms with Gasteiger partial charge in [0.1, 0.15) is 0 Å². The van der Waals surface area contributed by atoms with Crippen molar-refractivity contribution < 1.29 is 17.6 Å². The lowest BCUT2D eigenvalue weighted by Gasteiger charge is -2.38. The number of unbranched alkanes of at least 4 members (excludes halogenated alkanes) is 1. The first-order valence-corrected chi connectivity index (χ1v) is 8.66. The molecular weight excluding hydrogens is 372 g/mol. The Morgan fingerprint density at radius 2 is 1.91 bits per heavy atom. The van der Waals surface area contributed by atoms with Gasteiger partial charge in [-0.15, -0.1) is 0 Å². The van der Waals surface area contributed by atoms with E-state index in [1.54, 1.807) is 18.2 Å². The van der Waals surface area contributed by atoms with Gasteiger partial charge in [-0.2, -0.15) is 17.6 Å². The predicted octanol–water partition coefficient (Wildman–Crippen LogP) is 6.25. The molecule has 0 amide bonds. The van der Waals surface area contributed by atoms with Gasteiger partial charge in [0.25, 0.3) is 0 Å². The summed E-state index contributed by atoms with van der Waals surface area (Å²) in [7, 11) is 0. The molecule has 1 aromatic carbocycles. The lowest BCUT2D eigenvalue weighted by molar-refractivity contribution is -0.195. The van der Waals surface area contributed by atoms with Gasteiger partial charge < -0.3 is 0 Å². The molecule has 5 heteroatoms. The van der Waals surface area contributed by atoms with Crippen molar-refractivity contribution in [1.29, 1.82) is 0 Å². The summed E-state index contributed by atoms with van der Waals surface area (Å²) in [5.41, 5.74) is 0.136. The molecule has 1 atom stereocenters. The molecule has 0 N–H and O–H groups in total. The van der Waals surface area contributed by atoms with Crippen LogP contribution >= 0.6 is 15.9 Å². The Morgan fingerprint density at radius 1 is 1.17 bits per heavy atom. The number of alkyl halides is 5. The molecule has 3 rings (SSSR count). The molecule has 0 radical (unpaired) electrons. The van der Waals surface area contributed by atoms with Crippen molar-refractivity contribution >= 4 is 21.5 Å². The number of aryl methyl sites for hydroxylation is 1. The minimum atomic E-state index is -4.18. The highest BCUT2D eigenvalue weighted by atomic mass is 79.9. The van der Waals surface area contributed by atoms with E-state index in [0.29, 0.717) is 12.0 Å². The first-order valence-electron chi connectivity index (χ1n) is 7.74. The molecule has 0 saturated carbocycles. The first kappa shape index (κ1) is 16.7. The molecular formula is C18H17BrF4. The van der Waals surface area contributed by atoms with Crippen LogP contribution in [0.4, 0.5) is 17.6 Å². The molecule has 0 nitrogen and oxygen atoms in total. The fourth-order valence-electron chi connectivity index (χ4n) is 3.20. The zero-order chi connectivity index (χ0) is 16.8. The van der Waals surface area contributed by atoms with Crippen molar-refractivity contribution in [2.24, 2.45) is 0 Å². The van der Waals surface area contributed by atoms with Crippen molar-refractivity contribution in [3.63, 3.8) is 0 Å². The minimum Gasteiger partial charge on any atom is -0.194 e. The van der Waals surface area contributed by atoms with E-state index in [-0.39, 0.29) is 22.4 Å². The summed E-state index contributed by atoms with van der Waals surface area (Å²) < 4.78 is 58.1. The second-order valence-corrected chi connectivity index (χ2v) is 7.28. The summed E-state index contributed by atoms with van der Waals surface area (Å²) in [6.45, 7) is 2.00. The van der Waals surface area contributed by atoms with E-state index >= 15 is 0 Å². The van der Waals surface area contributed by atoms with Gasteiger partial charge >= 0.3 is 11.8 Å². The highest BCUT2D eigenvalue weighted by Gasteiger charge is 2.63. The second-order valence-electron chi connectivity index (χ2n) is 6.10. The summed E-state index contributed by atoms with van der Waals surface area (Å²) in [6, 6.07) is 4.60. The molecule has 1 aromatic rings.